The van der Waals surface area contributed by atoms with E-state index in [-0.39, 0.29) is 5.91 Å². The van der Waals surface area contributed by atoms with Crippen LogP contribution < -0.4 is 5.32 Å². The second kappa shape index (κ2) is 7.32. The summed E-state index contributed by atoms with van der Waals surface area (Å²) in [4.78, 5) is 13.4. The van der Waals surface area contributed by atoms with Gasteiger partial charge in [0, 0.05) is 4.88 Å². The van der Waals surface area contributed by atoms with Gasteiger partial charge in [0.2, 0.25) is 5.91 Å². The minimum absolute atomic E-state index is 0.00493. The molecule has 0 spiro atoms. The number of aryl methyl sites for hydroxylation is 3. The van der Waals surface area contributed by atoms with E-state index in [1.807, 2.05) is 24.4 Å². The molecule has 0 aliphatic carbocycles. The predicted octanol–water partition coefficient (Wildman–Crippen LogP) is 4.28. The zero-order chi connectivity index (χ0) is 19.0. The van der Waals surface area contributed by atoms with Gasteiger partial charge in [-0.05, 0) is 60.9 Å². The van der Waals surface area contributed by atoms with E-state index in [1.54, 1.807) is 11.3 Å². The number of pyridine rings is 1. The van der Waals surface area contributed by atoms with Crippen molar-refractivity contribution in [3.05, 3.63) is 57.3 Å². The Morgan fingerprint density at radius 2 is 2.04 bits per heavy atom. The van der Waals surface area contributed by atoms with Crippen LogP contribution in [0.25, 0.3) is 16.6 Å². The van der Waals surface area contributed by atoms with Crippen LogP contribution in [0.1, 0.15) is 21.6 Å². The number of thioether (sulfide) groups is 1. The molecule has 4 aromatic rings. The normalized spacial score (nSPS) is 11.4. The molecule has 0 saturated carbocycles. The molecular formula is C20H20N4OS2. The summed E-state index contributed by atoms with van der Waals surface area (Å²) in [6.45, 7) is 6.82. The molecule has 0 aliphatic heterocycles. The molecule has 1 aromatic carbocycles. The van der Waals surface area contributed by atoms with Crippen molar-refractivity contribution in [1.29, 1.82) is 0 Å². The molecule has 0 atom stereocenters. The van der Waals surface area contributed by atoms with Crippen LogP contribution in [0.3, 0.4) is 0 Å². The van der Waals surface area contributed by atoms with Crippen LogP contribution >= 0.6 is 23.1 Å². The lowest BCUT2D eigenvalue weighted by Gasteiger charge is -2.10. The number of aromatic nitrogens is 3. The number of fused-ring (bicyclic) bond motifs is 3. The molecule has 27 heavy (non-hydrogen) atoms. The summed E-state index contributed by atoms with van der Waals surface area (Å²) in [5, 5.41) is 15.6. The van der Waals surface area contributed by atoms with E-state index in [0.29, 0.717) is 12.3 Å². The van der Waals surface area contributed by atoms with E-state index < -0.39 is 0 Å². The highest BCUT2D eigenvalue weighted by Gasteiger charge is 2.15. The molecule has 0 unspecified atom stereocenters. The molecule has 138 valence electrons. The largest absolute Gasteiger partial charge is 0.350 e. The van der Waals surface area contributed by atoms with Gasteiger partial charge in [0.15, 0.2) is 10.8 Å². The molecule has 4 rings (SSSR count). The van der Waals surface area contributed by atoms with Crippen LogP contribution in [0, 0.1) is 20.8 Å². The highest BCUT2D eigenvalue weighted by atomic mass is 32.2. The first-order valence-corrected chi connectivity index (χ1v) is 10.6. The van der Waals surface area contributed by atoms with E-state index in [4.69, 9.17) is 0 Å². The van der Waals surface area contributed by atoms with Crippen molar-refractivity contribution in [3.8, 4) is 0 Å². The van der Waals surface area contributed by atoms with Crippen LogP contribution in [-0.4, -0.2) is 26.3 Å². The van der Waals surface area contributed by atoms with Crippen molar-refractivity contribution in [2.75, 3.05) is 5.75 Å². The third-order valence-corrected chi connectivity index (χ3v) is 6.23. The van der Waals surface area contributed by atoms with Crippen molar-refractivity contribution < 1.29 is 4.79 Å². The van der Waals surface area contributed by atoms with Crippen LogP contribution in [-0.2, 0) is 11.3 Å². The number of carbonyl (C=O) groups is 1. The summed E-state index contributed by atoms with van der Waals surface area (Å²) in [5.41, 5.74) is 5.44. The molecule has 5 nitrogen and oxygen atoms in total. The fourth-order valence-corrected chi connectivity index (χ4v) is 4.72. The molecule has 0 aliphatic rings. The number of carbonyl (C=O) groups excluding carboxylic acids is 1. The third-order valence-electron chi connectivity index (χ3n) is 4.43. The maximum atomic E-state index is 12.2. The molecule has 3 aromatic heterocycles. The lowest BCUT2D eigenvalue weighted by molar-refractivity contribution is -0.118. The fourth-order valence-electron chi connectivity index (χ4n) is 3.31. The van der Waals surface area contributed by atoms with E-state index in [0.717, 1.165) is 26.8 Å². The molecule has 0 fully saturated rings. The van der Waals surface area contributed by atoms with E-state index in [1.165, 1.54) is 28.3 Å². The highest BCUT2D eigenvalue weighted by Crippen LogP contribution is 2.28. The number of rotatable bonds is 5. The monoisotopic (exact) mass is 396 g/mol. The van der Waals surface area contributed by atoms with Gasteiger partial charge in [0.05, 0.1) is 17.8 Å². The molecular weight excluding hydrogens is 376 g/mol. The van der Waals surface area contributed by atoms with Crippen molar-refractivity contribution in [2.45, 2.75) is 32.5 Å². The predicted molar refractivity (Wildman–Crippen MR) is 112 cm³/mol. The first-order chi connectivity index (χ1) is 13.0. The number of thiophene rings is 1. The Labute approximate surface area is 165 Å². The molecule has 1 N–H and O–H groups in total. The molecule has 0 saturated heterocycles. The van der Waals surface area contributed by atoms with Gasteiger partial charge in [-0.1, -0.05) is 29.5 Å². The maximum absolute atomic E-state index is 12.2. The summed E-state index contributed by atoms with van der Waals surface area (Å²) < 4.78 is 2.08. The Kier molecular flexibility index (Phi) is 4.88. The Balaban J connectivity index is 1.61. The van der Waals surface area contributed by atoms with Gasteiger partial charge in [-0.25, -0.2) is 0 Å². The minimum Gasteiger partial charge on any atom is -0.350 e. The van der Waals surface area contributed by atoms with Crippen LogP contribution in [0.15, 0.2) is 40.9 Å². The molecule has 7 heteroatoms. The first-order valence-electron chi connectivity index (χ1n) is 8.70. The van der Waals surface area contributed by atoms with Gasteiger partial charge in [-0.2, -0.15) is 0 Å². The number of benzene rings is 1. The lowest BCUT2D eigenvalue weighted by atomic mass is 10.1. The standard InChI is InChI=1S/C20H20N4OS2/c1-12-7-13(2)18-15(8-12)9-14(3)19-22-23-20(24(18)19)27-11-17(25)21-10-16-5-4-6-26-16/h4-9H,10-11H2,1-3H3,(H,21,25). The maximum Gasteiger partial charge on any atom is 0.230 e. The number of hydrogen-bond donors (Lipinski definition) is 1. The lowest BCUT2D eigenvalue weighted by Crippen LogP contribution is -2.24. The molecule has 1 amide bonds. The Morgan fingerprint density at radius 3 is 2.81 bits per heavy atom. The quantitative estimate of drug-likeness (QED) is 0.512. The summed E-state index contributed by atoms with van der Waals surface area (Å²) in [6, 6.07) is 10.5. The number of nitrogens with one attached hydrogen (secondary N) is 1. The number of nitrogens with zero attached hydrogens (tertiary/aromatic N) is 3. The van der Waals surface area contributed by atoms with Crippen molar-refractivity contribution >= 4 is 45.6 Å². The van der Waals surface area contributed by atoms with Crippen LogP contribution in [0.4, 0.5) is 0 Å². The summed E-state index contributed by atoms with van der Waals surface area (Å²) in [7, 11) is 0. The first kappa shape index (κ1) is 18.0. The van der Waals surface area contributed by atoms with E-state index in [9.17, 15) is 4.79 Å². The van der Waals surface area contributed by atoms with Crippen LogP contribution in [0.2, 0.25) is 0 Å². The molecule has 0 radical (unpaired) electrons. The van der Waals surface area contributed by atoms with E-state index in [2.05, 4.69) is 52.0 Å². The van der Waals surface area contributed by atoms with Gasteiger partial charge in [-0.15, -0.1) is 21.5 Å². The minimum atomic E-state index is -0.00493. The van der Waals surface area contributed by atoms with Crippen molar-refractivity contribution in [3.63, 3.8) is 0 Å². The Bertz CT molecular complexity index is 1130. The van der Waals surface area contributed by atoms with Gasteiger partial charge in [0.25, 0.3) is 0 Å². The van der Waals surface area contributed by atoms with Gasteiger partial charge in [-0.3, -0.25) is 9.20 Å². The smallest absolute Gasteiger partial charge is 0.230 e. The van der Waals surface area contributed by atoms with Gasteiger partial charge in [0.1, 0.15) is 0 Å². The third kappa shape index (κ3) is 3.57. The van der Waals surface area contributed by atoms with E-state index >= 15 is 0 Å². The summed E-state index contributed by atoms with van der Waals surface area (Å²) >= 11 is 3.06. The van der Waals surface area contributed by atoms with Gasteiger partial charge >= 0.3 is 0 Å². The average Bonchev–Trinajstić information content (AvgIpc) is 3.27. The average molecular weight is 397 g/mol. The zero-order valence-electron chi connectivity index (χ0n) is 15.4. The fraction of sp³-hybridized carbons (Fsp3) is 0.250. The second-order valence-electron chi connectivity index (χ2n) is 6.63. The summed E-state index contributed by atoms with van der Waals surface area (Å²) in [5.74, 6) is 0.307. The SMILES string of the molecule is Cc1cc(C)c2c(c1)cc(C)c1nnc(SCC(=O)NCc3cccs3)n12. The van der Waals surface area contributed by atoms with Crippen molar-refractivity contribution in [1.82, 2.24) is 19.9 Å². The van der Waals surface area contributed by atoms with Gasteiger partial charge < -0.3 is 5.32 Å². The van der Waals surface area contributed by atoms with Crippen LogP contribution in [0.5, 0.6) is 0 Å². The molecule has 0 bridgehead atoms. The summed E-state index contributed by atoms with van der Waals surface area (Å²) in [6.07, 6.45) is 0. The Hall–Kier alpha value is -2.38. The molecule has 3 heterocycles. The Morgan fingerprint density at radius 1 is 1.19 bits per heavy atom. The van der Waals surface area contributed by atoms with Crippen molar-refractivity contribution in [2.24, 2.45) is 0 Å². The number of amides is 1. The number of hydrogen-bond acceptors (Lipinski definition) is 5. The highest BCUT2D eigenvalue weighted by molar-refractivity contribution is 7.99. The second-order valence-corrected chi connectivity index (χ2v) is 8.61. The topological polar surface area (TPSA) is 59.3 Å². The zero-order valence-corrected chi connectivity index (χ0v) is 17.1.